The molecule has 1 aromatic rings. The van der Waals surface area contributed by atoms with Crippen LogP contribution in [0.15, 0.2) is 0 Å². The van der Waals surface area contributed by atoms with Gasteiger partial charge in [-0.3, -0.25) is 4.68 Å². The van der Waals surface area contributed by atoms with Gasteiger partial charge in [0.2, 0.25) is 0 Å². The molecule has 0 aromatic carbocycles. The Morgan fingerprint density at radius 3 is 2.21 bits per heavy atom. The van der Waals surface area contributed by atoms with Crippen LogP contribution in [0.1, 0.15) is 21.7 Å². The number of nitrogens with zero attached hydrogens (tertiary/aromatic N) is 2. The molecule has 1 N–H and O–H groups in total. The minimum absolute atomic E-state index is 0.368. The van der Waals surface area contributed by atoms with Crippen LogP contribution in [0.5, 0.6) is 0 Å². The summed E-state index contributed by atoms with van der Waals surface area (Å²) in [5, 5.41) is 11.8. The highest BCUT2D eigenvalue weighted by atomic mass is 19.4. The van der Waals surface area contributed by atoms with Crippen molar-refractivity contribution < 1.29 is 23.1 Å². The number of hydrogen-bond acceptors (Lipinski definition) is 2. The van der Waals surface area contributed by atoms with Crippen molar-refractivity contribution in [1.29, 1.82) is 0 Å². The maximum atomic E-state index is 12.3. The number of carboxylic acids is 1. The summed E-state index contributed by atoms with van der Waals surface area (Å²) >= 11 is 0. The molecule has 0 spiro atoms. The lowest BCUT2D eigenvalue weighted by atomic mass is 10.2. The predicted octanol–water partition coefficient (Wildman–Crippen LogP) is 1.45. The first-order valence-electron chi connectivity index (χ1n) is 3.59. The first-order chi connectivity index (χ1) is 6.25. The second kappa shape index (κ2) is 3.00. The highest BCUT2D eigenvalue weighted by molar-refractivity contribution is 5.87. The smallest absolute Gasteiger partial charge is 0.433 e. The van der Waals surface area contributed by atoms with Gasteiger partial charge in [-0.05, 0) is 6.92 Å². The summed E-state index contributed by atoms with van der Waals surface area (Å²) in [5.41, 5.74) is -1.97. The Hall–Kier alpha value is -1.53. The van der Waals surface area contributed by atoms with Crippen LogP contribution in [0, 0.1) is 6.92 Å². The van der Waals surface area contributed by atoms with Crippen LogP contribution in [0.2, 0.25) is 0 Å². The van der Waals surface area contributed by atoms with Crippen LogP contribution < -0.4 is 0 Å². The van der Waals surface area contributed by atoms with E-state index in [1.165, 1.54) is 0 Å². The molecule has 0 saturated carbocycles. The first kappa shape index (κ1) is 10.6. The Morgan fingerprint density at radius 2 is 2.00 bits per heavy atom. The van der Waals surface area contributed by atoms with Crippen molar-refractivity contribution in [3.05, 3.63) is 17.0 Å². The number of halogens is 3. The van der Waals surface area contributed by atoms with Gasteiger partial charge in [-0.15, -0.1) is 0 Å². The first-order valence-corrected chi connectivity index (χ1v) is 3.59. The number of rotatable bonds is 1. The molecule has 0 unspecified atom stereocenters. The molecule has 78 valence electrons. The van der Waals surface area contributed by atoms with E-state index < -0.39 is 23.5 Å². The van der Waals surface area contributed by atoms with E-state index in [0.29, 0.717) is 4.68 Å². The predicted molar refractivity (Wildman–Crippen MR) is 39.9 cm³/mol. The number of carbonyl (C=O) groups is 1. The van der Waals surface area contributed by atoms with Gasteiger partial charge in [-0.1, -0.05) is 0 Å². The summed E-state index contributed by atoms with van der Waals surface area (Å²) in [6, 6.07) is 0. The maximum Gasteiger partial charge on any atom is 0.433 e. The fourth-order valence-corrected chi connectivity index (χ4v) is 1.23. The molecule has 14 heavy (non-hydrogen) atoms. The molecule has 0 aliphatic carbocycles. The van der Waals surface area contributed by atoms with Crippen molar-refractivity contribution in [2.24, 2.45) is 7.05 Å². The normalized spacial score (nSPS) is 11.8. The minimum atomic E-state index is -4.58. The highest BCUT2D eigenvalue weighted by Gasteiger charge is 2.38. The fraction of sp³-hybridized carbons (Fsp3) is 0.429. The molecule has 1 aromatic heterocycles. The van der Waals surface area contributed by atoms with Gasteiger partial charge in [0.1, 0.15) is 5.69 Å². The lowest BCUT2D eigenvalue weighted by molar-refractivity contribution is -0.144. The maximum absolute atomic E-state index is 12.3. The zero-order chi connectivity index (χ0) is 11.1. The molecule has 7 heteroatoms. The summed E-state index contributed by atoms with van der Waals surface area (Å²) in [7, 11) is 1.06. The van der Waals surface area contributed by atoms with Gasteiger partial charge in [-0.2, -0.15) is 18.3 Å². The number of carboxylic acid groups (broad SMARTS) is 1. The van der Waals surface area contributed by atoms with E-state index in [0.717, 1.165) is 14.0 Å². The summed E-state index contributed by atoms with van der Waals surface area (Å²) < 4.78 is 37.5. The molecule has 1 heterocycles. The third-order valence-electron chi connectivity index (χ3n) is 1.76. The summed E-state index contributed by atoms with van der Waals surface area (Å²) in [6.07, 6.45) is -4.58. The standard InChI is InChI=1S/C7H7F3N2O2/c1-3-4(6(13)14)11-12(2)5(3)7(8,9)10/h1-2H3,(H,13,14). The lowest BCUT2D eigenvalue weighted by Crippen LogP contribution is -2.13. The van der Waals surface area contributed by atoms with Crippen LogP contribution in [0.3, 0.4) is 0 Å². The van der Waals surface area contributed by atoms with Gasteiger partial charge in [0.15, 0.2) is 5.69 Å². The van der Waals surface area contributed by atoms with E-state index >= 15 is 0 Å². The van der Waals surface area contributed by atoms with Crippen LogP contribution >= 0.6 is 0 Å². The Kier molecular flexibility index (Phi) is 2.26. The number of hydrogen-bond donors (Lipinski definition) is 1. The quantitative estimate of drug-likeness (QED) is 0.759. The topological polar surface area (TPSA) is 55.1 Å². The highest BCUT2D eigenvalue weighted by Crippen LogP contribution is 2.32. The Labute approximate surface area is 77.0 Å². The lowest BCUT2D eigenvalue weighted by Gasteiger charge is -2.06. The van der Waals surface area contributed by atoms with Gasteiger partial charge in [0, 0.05) is 12.6 Å². The average molecular weight is 208 g/mol. The van der Waals surface area contributed by atoms with Gasteiger partial charge >= 0.3 is 12.1 Å². The molecule has 0 saturated heterocycles. The molecule has 0 amide bonds. The van der Waals surface area contributed by atoms with Crippen LogP contribution in [-0.4, -0.2) is 20.9 Å². The monoisotopic (exact) mass is 208 g/mol. The Bertz CT molecular complexity index is 381. The Balaban J connectivity index is 3.40. The molecular weight excluding hydrogens is 201 g/mol. The molecule has 4 nitrogen and oxygen atoms in total. The second-order valence-corrected chi connectivity index (χ2v) is 2.75. The van der Waals surface area contributed by atoms with Crippen LogP contribution in [0.25, 0.3) is 0 Å². The van der Waals surface area contributed by atoms with Gasteiger partial charge < -0.3 is 5.11 Å². The zero-order valence-corrected chi connectivity index (χ0v) is 7.38. The second-order valence-electron chi connectivity index (χ2n) is 2.75. The minimum Gasteiger partial charge on any atom is -0.476 e. The zero-order valence-electron chi connectivity index (χ0n) is 7.38. The number of aromatic carboxylic acids is 1. The number of alkyl halides is 3. The SMILES string of the molecule is Cc1c(C(=O)O)nn(C)c1C(F)(F)F. The van der Waals surface area contributed by atoms with E-state index in [2.05, 4.69) is 5.10 Å². The molecule has 1 rings (SSSR count). The average Bonchev–Trinajstić information content (AvgIpc) is 2.24. The van der Waals surface area contributed by atoms with Gasteiger partial charge in [0.25, 0.3) is 0 Å². The van der Waals surface area contributed by atoms with E-state index in [-0.39, 0.29) is 5.56 Å². The van der Waals surface area contributed by atoms with Crippen molar-refractivity contribution in [2.45, 2.75) is 13.1 Å². The third-order valence-corrected chi connectivity index (χ3v) is 1.76. The van der Waals surface area contributed by atoms with E-state index in [9.17, 15) is 18.0 Å². The van der Waals surface area contributed by atoms with Gasteiger partial charge in [0.05, 0.1) is 0 Å². The van der Waals surface area contributed by atoms with E-state index in [4.69, 9.17) is 5.11 Å². The largest absolute Gasteiger partial charge is 0.476 e. The van der Waals surface area contributed by atoms with Crippen molar-refractivity contribution in [1.82, 2.24) is 9.78 Å². The number of aryl methyl sites for hydroxylation is 1. The summed E-state index contributed by atoms with van der Waals surface area (Å²) in [5.74, 6) is -1.46. The van der Waals surface area contributed by atoms with Crippen molar-refractivity contribution >= 4 is 5.97 Å². The molecule has 0 radical (unpaired) electrons. The molecule has 0 fully saturated rings. The van der Waals surface area contributed by atoms with Crippen LogP contribution in [0.4, 0.5) is 13.2 Å². The fourth-order valence-electron chi connectivity index (χ4n) is 1.23. The molecule has 0 atom stereocenters. The van der Waals surface area contributed by atoms with Crippen molar-refractivity contribution in [3.8, 4) is 0 Å². The molecule has 0 aliphatic heterocycles. The van der Waals surface area contributed by atoms with E-state index in [1.807, 2.05) is 0 Å². The van der Waals surface area contributed by atoms with Crippen molar-refractivity contribution in [2.75, 3.05) is 0 Å². The van der Waals surface area contributed by atoms with Crippen LogP contribution in [-0.2, 0) is 13.2 Å². The summed E-state index contributed by atoms with van der Waals surface area (Å²) in [6.45, 7) is 1.08. The van der Waals surface area contributed by atoms with E-state index in [1.54, 1.807) is 0 Å². The molecule has 0 aliphatic rings. The number of aromatic nitrogens is 2. The van der Waals surface area contributed by atoms with Gasteiger partial charge in [-0.25, -0.2) is 4.79 Å². The molecular formula is C7H7F3N2O2. The molecule has 0 bridgehead atoms. The summed E-state index contributed by atoms with van der Waals surface area (Å²) in [4.78, 5) is 10.5. The van der Waals surface area contributed by atoms with Crippen molar-refractivity contribution in [3.63, 3.8) is 0 Å². The third kappa shape index (κ3) is 1.57. The Morgan fingerprint density at radius 1 is 1.50 bits per heavy atom.